The van der Waals surface area contributed by atoms with Gasteiger partial charge in [-0.3, -0.25) is 9.59 Å². The Morgan fingerprint density at radius 1 is 1.00 bits per heavy atom. The summed E-state index contributed by atoms with van der Waals surface area (Å²) in [5.74, 6) is -1.24. The summed E-state index contributed by atoms with van der Waals surface area (Å²) in [6.45, 7) is 3.09. The third-order valence-corrected chi connectivity index (χ3v) is 7.01. The van der Waals surface area contributed by atoms with Gasteiger partial charge in [0.25, 0.3) is 0 Å². The Morgan fingerprint density at radius 2 is 1.62 bits per heavy atom. The number of esters is 1. The normalized spacial score (nSPS) is 13.1. The summed E-state index contributed by atoms with van der Waals surface area (Å²) < 4.78 is 32.9. The molecule has 0 bridgehead atoms. The third-order valence-electron chi connectivity index (χ3n) is 4.45. The second kappa shape index (κ2) is 11.8. The van der Waals surface area contributed by atoms with Gasteiger partial charge in [-0.05, 0) is 31.0 Å². The zero-order valence-corrected chi connectivity index (χ0v) is 19.7. The highest BCUT2D eigenvalue weighted by Gasteiger charge is 2.29. The monoisotopic (exact) mass is 478 g/mol. The molecule has 2 N–H and O–H groups in total. The maximum absolute atomic E-state index is 13.0. The third kappa shape index (κ3) is 7.77. The number of benzene rings is 2. The topological polar surface area (TPSA) is 119 Å². The van der Waals surface area contributed by atoms with E-state index < -0.39 is 39.1 Å². The first kappa shape index (κ1) is 25.6. The van der Waals surface area contributed by atoms with Crippen molar-refractivity contribution >= 4 is 38.8 Å². The molecule has 0 saturated carbocycles. The number of rotatable bonds is 10. The fraction of sp³-hybridized carbons (Fsp3) is 0.318. The van der Waals surface area contributed by atoms with E-state index in [1.807, 2.05) is 13.0 Å². The minimum atomic E-state index is -3.97. The van der Waals surface area contributed by atoms with Crippen LogP contribution in [-0.4, -0.2) is 50.4 Å². The SMILES string of the molecule is COC(=O)[C@H](CSC(=O)[C@H](Cc1ccccc1)NS(=O)(=O)c1ccc(C)cc1)NC(C)=O. The highest BCUT2D eigenvalue weighted by molar-refractivity contribution is 8.13. The highest BCUT2D eigenvalue weighted by Crippen LogP contribution is 2.17. The molecule has 2 aromatic carbocycles. The molecule has 0 spiro atoms. The molecule has 0 aliphatic carbocycles. The van der Waals surface area contributed by atoms with E-state index in [2.05, 4.69) is 14.8 Å². The molecule has 32 heavy (non-hydrogen) atoms. The maximum atomic E-state index is 13.0. The lowest BCUT2D eigenvalue weighted by atomic mass is 10.1. The summed E-state index contributed by atoms with van der Waals surface area (Å²) in [6.07, 6.45) is 0.126. The van der Waals surface area contributed by atoms with Crippen LogP contribution in [0.5, 0.6) is 0 Å². The summed E-state index contributed by atoms with van der Waals surface area (Å²) in [5, 5.41) is 1.95. The van der Waals surface area contributed by atoms with Crippen molar-refractivity contribution < 1.29 is 27.5 Å². The highest BCUT2D eigenvalue weighted by atomic mass is 32.2. The fourth-order valence-corrected chi connectivity index (χ4v) is 4.98. The van der Waals surface area contributed by atoms with Gasteiger partial charge in [-0.15, -0.1) is 0 Å². The van der Waals surface area contributed by atoms with Crippen LogP contribution in [0.1, 0.15) is 18.1 Å². The number of hydrogen-bond donors (Lipinski definition) is 2. The average molecular weight is 479 g/mol. The van der Waals surface area contributed by atoms with Gasteiger partial charge in [0.05, 0.1) is 18.0 Å². The Bertz CT molecular complexity index is 1040. The number of thioether (sulfide) groups is 1. The molecule has 1 amide bonds. The first-order valence-electron chi connectivity index (χ1n) is 9.77. The van der Waals surface area contributed by atoms with Crippen LogP contribution in [0.15, 0.2) is 59.5 Å². The second-order valence-corrected chi connectivity index (χ2v) is 9.82. The number of nitrogens with one attached hydrogen (secondary N) is 2. The Morgan fingerprint density at radius 3 is 2.19 bits per heavy atom. The van der Waals surface area contributed by atoms with Crippen LogP contribution >= 0.6 is 11.8 Å². The van der Waals surface area contributed by atoms with E-state index >= 15 is 0 Å². The zero-order valence-electron chi connectivity index (χ0n) is 18.0. The predicted octanol–water partition coefficient (Wildman–Crippen LogP) is 1.82. The number of ether oxygens (including phenoxy) is 1. The standard InChI is InChI=1S/C22H26N2O6S2/c1-15-9-11-18(12-10-15)32(28,29)24-19(13-17-7-5-4-6-8-17)22(27)31-14-20(21(26)30-3)23-16(2)25/h4-12,19-20,24H,13-14H2,1-3H3,(H,23,25)/t19-,20-/m0/s1. The molecule has 0 aliphatic rings. The lowest BCUT2D eigenvalue weighted by molar-refractivity contribution is -0.144. The molecular formula is C22H26N2O6S2. The van der Waals surface area contributed by atoms with E-state index in [1.165, 1.54) is 26.2 Å². The number of carbonyl (C=O) groups is 3. The molecule has 2 aromatic rings. The molecule has 0 aromatic heterocycles. The number of carbonyl (C=O) groups excluding carboxylic acids is 3. The Balaban J connectivity index is 2.21. The lowest BCUT2D eigenvalue weighted by Gasteiger charge is -2.19. The van der Waals surface area contributed by atoms with Crippen LogP contribution in [0.2, 0.25) is 0 Å². The minimum absolute atomic E-state index is 0.0460. The van der Waals surface area contributed by atoms with Gasteiger partial charge in [-0.1, -0.05) is 59.8 Å². The van der Waals surface area contributed by atoms with Gasteiger partial charge in [0, 0.05) is 12.7 Å². The van der Waals surface area contributed by atoms with Gasteiger partial charge in [0.1, 0.15) is 6.04 Å². The molecule has 0 radical (unpaired) electrons. The van der Waals surface area contributed by atoms with Gasteiger partial charge in [-0.25, -0.2) is 13.2 Å². The quantitative estimate of drug-likeness (QED) is 0.500. The average Bonchev–Trinajstić information content (AvgIpc) is 2.76. The van der Waals surface area contributed by atoms with Crippen LogP contribution in [0.4, 0.5) is 0 Å². The summed E-state index contributed by atoms with van der Waals surface area (Å²) in [7, 11) is -2.79. The summed E-state index contributed by atoms with van der Waals surface area (Å²) in [4.78, 5) is 36.3. The Kier molecular flexibility index (Phi) is 9.42. The summed E-state index contributed by atoms with van der Waals surface area (Å²) in [5.41, 5.74) is 1.67. The molecular weight excluding hydrogens is 452 g/mol. The predicted molar refractivity (Wildman–Crippen MR) is 123 cm³/mol. The Labute approximate surface area is 192 Å². The maximum Gasteiger partial charge on any atom is 0.329 e. The van der Waals surface area contributed by atoms with Crippen LogP contribution in [0.25, 0.3) is 0 Å². The van der Waals surface area contributed by atoms with Crippen molar-refractivity contribution in [3.8, 4) is 0 Å². The van der Waals surface area contributed by atoms with Crippen molar-refractivity contribution in [3.63, 3.8) is 0 Å². The van der Waals surface area contributed by atoms with E-state index in [0.29, 0.717) is 0 Å². The molecule has 172 valence electrons. The second-order valence-electron chi connectivity index (χ2n) is 7.08. The molecule has 0 fully saturated rings. The van der Waals surface area contributed by atoms with Gasteiger partial charge in [0.15, 0.2) is 0 Å². The van der Waals surface area contributed by atoms with Gasteiger partial charge < -0.3 is 10.1 Å². The molecule has 0 saturated heterocycles. The minimum Gasteiger partial charge on any atom is -0.467 e. The van der Waals surface area contributed by atoms with Crippen LogP contribution in [-0.2, 0) is 35.6 Å². The molecule has 2 atom stereocenters. The van der Waals surface area contributed by atoms with Crippen molar-refractivity contribution in [1.82, 2.24) is 10.0 Å². The van der Waals surface area contributed by atoms with Crippen molar-refractivity contribution in [2.24, 2.45) is 0 Å². The first-order chi connectivity index (χ1) is 15.1. The summed E-state index contributed by atoms with van der Waals surface area (Å²) >= 11 is 0.754. The smallest absolute Gasteiger partial charge is 0.329 e. The molecule has 0 heterocycles. The van der Waals surface area contributed by atoms with E-state index in [0.717, 1.165) is 22.9 Å². The molecule has 0 unspecified atom stereocenters. The van der Waals surface area contributed by atoms with E-state index in [9.17, 15) is 22.8 Å². The van der Waals surface area contributed by atoms with Crippen molar-refractivity contribution in [1.29, 1.82) is 0 Å². The van der Waals surface area contributed by atoms with E-state index in [4.69, 9.17) is 0 Å². The van der Waals surface area contributed by atoms with Gasteiger partial charge in [0.2, 0.25) is 21.0 Å². The lowest BCUT2D eigenvalue weighted by Crippen LogP contribution is -2.44. The summed E-state index contributed by atoms with van der Waals surface area (Å²) in [6, 6.07) is 13.2. The number of methoxy groups -OCH3 is 1. The molecule has 0 aliphatic heterocycles. The molecule has 8 nitrogen and oxygen atoms in total. The van der Waals surface area contributed by atoms with Crippen molar-refractivity contribution in [2.45, 2.75) is 37.2 Å². The largest absolute Gasteiger partial charge is 0.467 e. The zero-order chi connectivity index (χ0) is 23.7. The number of sulfonamides is 1. The fourth-order valence-electron chi connectivity index (χ4n) is 2.82. The number of hydrogen-bond acceptors (Lipinski definition) is 7. The van der Waals surface area contributed by atoms with Crippen LogP contribution < -0.4 is 10.0 Å². The number of aryl methyl sites for hydroxylation is 1. The van der Waals surface area contributed by atoms with Crippen LogP contribution in [0.3, 0.4) is 0 Å². The molecule has 10 heteroatoms. The van der Waals surface area contributed by atoms with Crippen molar-refractivity contribution in [2.75, 3.05) is 12.9 Å². The van der Waals surface area contributed by atoms with E-state index in [-0.39, 0.29) is 17.1 Å². The number of amides is 1. The van der Waals surface area contributed by atoms with Crippen molar-refractivity contribution in [3.05, 3.63) is 65.7 Å². The molecule has 2 rings (SSSR count). The van der Waals surface area contributed by atoms with Gasteiger partial charge in [-0.2, -0.15) is 4.72 Å². The van der Waals surface area contributed by atoms with Gasteiger partial charge >= 0.3 is 5.97 Å². The first-order valence-corrected chi connectivity index (χ1v) is 12.2. The van der Waals surface area contributed by atoms with Crippen LogP contribution in [0, 0.1) is 6.92 Å². The Hall–Kier alpha value is -2.69. The van der Waals surface area contributed by atoms with E-state index in [1.54, 1.807) is 36.4 Å².